The summed E-state index contributed by atoms with van der Waals surface area (Å²) >= 11 is 0. The van der Waals surface area contributed by atoms with Gasteiger partial charge in [0.2, 0.25) is 0 Å². The van der Waals surface area contributed by atoms with Gasteiger partial charge < -0.3 is 10.1 Å². The zero-order valence-corrected chi connectivity index (χ0v) is 13.2. The summed E-state index contributed by atoms with van der Waals surface area (Å²) in [6, 6.07) is -0.227. The molecule has 2 atom stereocenters. The second kappa shape index (κ2) is 8.95. The normalized spacial score (nSPS) is 24.9. The highest BCUT2D eigenvalue weighted by atomic mass is 16.5. The van der Waals surface area contributed by atoms with E-state index in [9.17, 15) is 4.79 Å². The van der Waals surface area contributed by atoms with Crippen molar-refractivity contribution in [3.8, 4) is 0 Å². The lowest BCUT2D eigenvalue weighted by Gasteiger charge is -2.30. The van der Waals surface area contributed by atoms with Gasteiger partial charge in [0.1, 0.15) is 0 Å². The first kappa shape index (κ1) is 17.0. The van der Waals surface area contributed by atoms with Crippen molar-refractivity contribution >= 4 is 11.7 Å². The topological polar surface area (TPSA) is 62.7 Å². The molecule has 1 fully saturated rings. The van der Waals surface area contributed by atoms with Gasteiger partial charge in [-0.05, 0) is 37.5 Å². The molecule has 1 aliphatic carbocycles. The molecule has 5 nitrogen and oxygen atoms in total. The number of hydrazone groups is 1. The summed E-state index contributed by atoms with van der Waals surface area (Å²) in [6.45, 7) is 7.95. The number of carbonyl (C=O) groups is 1. The van der Waals surface area contributed by atoms with Crippen molar-refractivity contribution in [2.24, 2.45) is 22.9 Å². The van der Waals surface area contributed by atoms with Gasteiger partial charge in [-0.2, -0.15) is 5.10 Å². The Bertz CT molecular complexity index is 329. The van der Waals surface area contributed by atoms with Crippen LogP contribution in [-0.4, -0.2) is 32.0 Å². The van der Waals surface area contributed by atoms with Crippen molar-refractivity contribution < 1.29 is 9.53 Å². The highest BCUT2D eigenvalue weighted by Crippen LogP contribution is 2.31. The third kappa shape index (κ3) is 5.90. The number of methoxy groups -OCH3 is 1. The van der Waals surface area contributed by atoms with Crippen molar-refractivity contribution in [1.82, 2.24) is 10.7 Å². The third-order valence-corrected chi connectivity index (χ3v) is 3.87. The van der Waals surface area contributed by atoms with Crippen LogP contribution >= 0.6 is 0 Å². The van der Waals surface area contributed by atoms with Crippen LogP contribution in [0.25, 0.3) is 0 Å². The van der Waals surface area contributed by atoms with Gasteiger partial charge in [0.05, 0.1) is 0 Å². The van der Waals surface area contributed by atoms with Gasteiger partial charge in [-0.1, -0.05) is 20.8 Å². The number of nitrogens with one attached hydrogen (secondary N) is 2. The quantitative estimate of drug-likeness (QED) is 0.581. The maximum absolute atomic E-state index is 11.6. The Hall–Kier alpha value is -1.10. The molecule has 1 saturated carbocycles. The number of amides is 2. The Kier molecular flexibility index (Phi) is 7.59. The Morgan fingerprint density at radius 2 is 2.20 bits per heavy atom. The SMILES string of the molecule is COCCCNC(=O)NN=C1C[C@@H](C)CC[C@H]1C(C)C. The molecule has 0 aliphatic heterocycles. The Labute approximate surface area is 122 Å². The van der Waals surface area contributed by atoms with Gasteiger partial charge in [-0.3, -0.25) is 0 Å². The van der Waals surface area contributed by atoms with Gasteiger partial charge in [0.25, 0.3) is 0 Å². The highest BCUT2D eigenvalue weighted by molar-refractivity contribution is 5.89. The minimum Gasteiger partial charge on any atom is -0.385 e. The largest absolute Gasteiger partial charge is 0.385 e. The van der Waals surface area contributed by atoms with Gasteiger partial charge in [0, 0.05) is 31.9 Å². The van der Waals surface area contributed by atoms with Crippen LogP contribution in [0.2, 0.25) is 0 Å². The lowest BCUT2D eigenvalue weighted by atomic mass is 9.76. The van der Waals surface area contributed by atoms with Crippen LogP contribution in [0.15, 0.2) is 5.10 Å². The van der Waals surface area contributed by atoms with Crippen molar-refractivity contribution in [3.63, 3.8) is 0 Å². The first-order valence-corrected chi connectivity index (χ1v) is 7.63. The summed E-state index contributed by atoms with van der Waals surface area (Å²) < 4.78 is 4.93. The van der Waals surface area contributed by atoms with E-state index in [0.717, 1.165) is 18.6 Å². The van der Waals surface area contributed by atoms with E-state index in [2.05, 4.69) is 36.6 Å². The maximum atomic E-state index is 11.6. The second-order valence-corrected chi connectivity index (χ2v) is 6.05. The highest BCUT2D eigenvalue weighted by Gasteiger charge is 2.27. The summed E-state index contributed by atoms with van der Waals surface area (Å²) in [5, 5.41) is 7.13. The molecule has 0 radical (unpaired) electrons. The fourth-order valence-electron chi connectivity index (χ4n) is 2.67. The smallest absolute Gasteiger partial charge is 0.335 e. The van der Waals surface area contributed by atoms with E-state index < -0.39 is 0 Å². The molecular formula is C15H29N3O2. The van der Waals surface area contributed by atoms with E-state index in [4.69, 9.17) is 4.74 Å². The molecule has 0 aromatic rings. The van der Waals surface area contributed by atoms with E-state index in [-0.39, 0.29) is 6.03 Å². The van der Waals surface area contributed by atoms with Crippen molar-refractivity contribution in [3.05, 3.63) is 0 Å². The second-order valence-electron chi connectivity index (χ2n) is 6.05. The fraction of sp³-hybridized carbons (Fsp3) is 0.867. The number of nitrogens with zero attached hydrogens (tertiary/aromatic N) is 1. The van der Waals surface area contributed by atoms with Crippen LogP contribution in [-0.2, 0) is 4.74 Å². The van der Waals surface area contributed by atoms with E-state index in [1.807, 2.05) is 0 Å². The van der Waals surface area contributed by atoms with Crippen LogP contribution in [0.5, 0.6) is 0 Å². The number of hydrogen-bond donors (Lipinski definition) is 2. The number of ether oxygens (including phenoxy) is 1. The van der Waals surface area contributed by atoms with Gasteiger partial charge in [0.15, 0.2) is 0 Å². The molecule has 0 aromatic carbocycles. The average Bonchev–Trinajstić information content (AvgIpc) is 2.41. The molecule has 1 rings (SSSR count). The lowest BCUT2D eigenvalue weighted by Crippen LogP contribution is -2.36. The zero-order chi connectivity index (χ0) is 15.0. The molecule has 0 bridgehead atoms. The summed E-state index contributed by atoms with van der Waals surface area (Å²) in [5.41, 5.74) is 3.78. The molecule has 5 heteroatoms. The number of rotatable bonds is 6. The predicted octanol–water partition coefficient (Wildman–Crippen LogP) is 2.77. The van der Waals surface area contributed by atoms with Crippen LogP contribution < -0.4 is 10.7 Å². The number of urea groups is 1. The molecule has 0 unspecified atom stereocenters. The molecule has 2 N–H and O–H groups in total. The first-order valence-electron chi connectivity index (χ1n) is 7.63. The molecule has 116 valence electrons. The van der Waals surface area contributed by atoms with E-state index in [1.165, 1.54) is 12.8 Å². The van der Waals surface area contributed by atoms with Crippen molar-refractivity contribution in [2.45, 2.75) is 46.5 Å². The fourth-order valence-corrected chi connectivity index (χ4v) is 2.67. The molecule has 0 spiro atoms. The van der Waals surface area contributed by atoms with Crippen LogP contribution in [0, 0.1) is 17.8 Å². The minimum absolute atomic E-state index is 0.227. The summed E-state index contributed by atoms with van der Waals surface area (Å²) in [4.78, 5) is 11.6. The third-order valence-electron chi connectivity index (χ3n) is 3.87. The van der Waals surface area contributed by atoms with E-state index in [1.54, 1.807) is 7.11 Å². The molecule has 2 amide bonds. The van der Waals surface area contributed by atoms with E-state index in [0.29, 0.717) is 30.9 Å². The van der Waals surface area contributed by atoms with Crippen LogP contribution in [0.4, 0.5) is 4.79 Å². The molecule has 0 saturated heterocycles. The minimum atomic E-state index is -0.227. The van der Waals surface area contributed by atoms with Crippen molar-refractivity contribution in [2.75, 3.05) is 20.3 Å². The monoisotopic (exact) mass is 283 g/mol. The van der Waals surface area contributed by atoms with Crippen LogP contribution in [0.3, 0.4) is 0 Å². The summed E-state index contributed by atoms with van der Waals surface area (Å²) in [7, 11) is 1.66. The summed E-state index contributed by atoms with van der Waals surface area (Å²) in [5.74, 6) is 1.74. The summed E-state index contributed by atoms with van der Waals surface area (Å²) in [6.07, 6.45) is 4.23. The number of carbonyl (C=O) groups excluding carboxylic acids is 1. The lowest BCUT2D eigenvalue weighted by molar-refractivity contribution is 0.193. The number of hydrogen-bond acceptors (Lipinski definition) is 3. The molecule has 0 heterocycles. The zero-order valence-electron chi connectivity index (χ0n) is 13.2. The first-order chi connectivity index (χ1) is 9.54. The van der Waals surface area contributed by atoms with E-state index >= 15 is 0 Å². The Balaban J connectivity index is 2.42. The standard InChI is InChI=1S/C15H29N3O2/c1-11(2)13-7-6-12(3)10-14(13)17-18-15(19)16-8-5-9-20-4/h11-13H,5-10H2,1-4H3,(H2,16,18,19)/t12-,13-/m0/s1. The van der Waals surface area contributed by atoms with Gasteiger partial charge in [-0.15, -0.1) is 0 Å². The van der Waals surface area contributed by atoms with Gasteiger partial charge in [-0.25, -0.2) is 10.2 Å². The maximum Gasteiger partial charge on any atom is 0.335 e. The van der Waals surface area contributed by atoms with Crippen molar-refractivity contribution in [1.29, 1.82) is 0 Å². The van der Waals surface area contributed by atoms with Crippen LogP contribution in [0.1, 0.15) is 46.5 Å². The van der Waals surface area contributed by atoms with Gasteiger partial charge >= 0.3 is 6.03 Å². The Morgan fingerprint density at radius 3 is 2.85 bits per heavy atom. The average molecular weight is 283 g/mol. The molecule has 0 aromatic heterocycles. The molecule has 1 aliphatic rings. The Morgan fingerprint density at radius 1 is 1.45 bits per heavy atom. The predicted molar refractivity (Wildman–Crippen MR) is 81.8 cm³/mol. The molecular weight excluding hydrogens is 254 g/mol. The molecule has 20 heavy (non-hydrogen) atoms.